The Hall–Kier alpha value is -3.14. The predicted molar refractivity (Wildman–Crippen MR) is 107 cm³/mol. The number of aryl methyl sites for hydroxylation is 1. The largest absolute Gasteiger partial charge is 0.497 e. The first-order chi connectivity index (χ1) is 13.4. The number of anilines is 1. The van der Waals surface area contributed by atoms with E-state index in [0.29, 0.717) is 39.0 Å². The van der Waals surface area contributed by atoms with Gasteiger partial charge in [0.2, 0.25) is 0 Å². The number of amides is 2. The first-order valence-corrected chi connectivity index (χ1v) is 9.15. The highest BCUT2D eigenvalue weighted by atomic mass is 32.1. The summed E-state index contributed by atoms with van der Waals surface area (Å²) in [5.74, 6) is 0.547. The smallest absolute Gasteiger partial charge is 0.412 e. The number of carbonyl (C=O) groups excluding carboxylic acids is 2. The van der Waals surface area contributed by atoms with Gasteiger partial charge >= 0.3 is 6.09 Å². The maximum atomic E-state index is 12.5. The van der Waals surface area contributed by atoms with Gasteiger partial charge in [-0.2, -0.15) is 9.47 Å². The third-order valence-electron chi connectivity index (χ3n) is 3.65. The monoisotopic (exact) mass is 406 g/mol. The third kappa shape index (κ3) is 5.19. The molecule has 0 aliphatic heterocycles. The number of rotatable bonds is 7. The van der Waals surface area contributed by atoms with Crippen molar-refractivity contribution < 1.29 is 23.8 Å². The molecule has 2 aromatic rings. The second kappa shape index (κ2) is 9.70. The molecule has 0 aliphatic rings. The van der Waals surface area contributed by atoms with Crippen molar-refractivity contribution in [3.8, 4) is 11.5 Å². The van der Waals surface area contributed by atoms with Crippen molar-refractivity contribution in [2.45, 2.75) is 20.8 Å². The zero-order valence-corrected chi connectivity index (χ0v) is 17.1. The van der Waals surface area contributed by atoms with Crippen LogP contribution in [-0.2, 0) is 4.74 Å². The molecule has 2 N–H and O–H groups in total. The highest BCUT2D eigenvalue weighted by Crippen LogP contribution is 2.26. The summed E-state index contributed by atoms with van der Waals surface area (Å²) in [7, 11) is 3.01. The van der Waals surface area contributed by atoms with Crippen LogP contribution >= 0.6 is 11.5 Å². The molecule has 0 fully saturated rings. The lowest BCUT2D eigenvalue weighted by Gasteiger charge is -2.08. The normalized spacial score (nSPS) is 11.0. The van der Waals surface area contributed by atoms with E-state index in [2.05, 4.69) is 20.2 Å². The number of methoxy groups -OCH3 is 2. The molecule has 0 saturated carbocycles. The average Bonchev–Trinajstić information content (AvgIpc) is 3.05. The van der Waals surface area contributed by atoms with Crippen molar-refractivity contribution in [2.24, 2.45) is 5.10 Å². The summed E-state index contributed by atoms with van der Waals surface area (Å²) in [6, 6.07) is 4.82. The summed E-state index contributed by atoms with van der Waals surface area (Å²) in [4.78, 5) is 24.1. The van der Waals surface area contributed by atoms with Crippen LogP contribution in [0.1, 0.15) is 35.5 Å². The van der Waals surface area contributed by atoms with E-state index in [1.807, 2.05) is 0 Å². The number of aromatic nitrogens is 1. The number of hydrogen-bond acceptors (Lipinski definition) is 8. The molecule has 150 valence electrons. The van der Waals surface area contributed by atoms with Crippen LogP contribution in [0.25, 0.3) is 0 Å². The Kier molecular flexibility index (Phi) is 7.33. The van der Waals surface area contributed by atoms with E-state index < -0.39 is 12.0 Å². The van der Waals surface area contributed by atoms with Gasteiger partial charge < -0.3 is 14.2 Å². The summed E-state index contributed by atoms with van der Waals surface area (Å²) in [5, 5.41) is 7.26. The molecule has 0 aliphatic carbocycles. The first-order valence-electron chi connectivity index (χ1n) is 8.37. The first kappa shape index (κ1) is 21.2. The fourth-order valence-electron chi connectivity index (χ4n) is 2.33. The van der Waals surface area contributed by atoms with Gasteiger partial charge in [0.05, 0.1) is 37.8 Å². The zero-order valence-electron chi connectivity index (χ0n) is 16.3. The van der Waals surface area contributed by atoms with Gasteiger partial charge in [0, 0.05) is 11.6 Å². The van der Waals surface area contributed by atoms with Crippen molar-refractivity contribution in [1.82, 2.24) is 9.80 Å². The van der Waals surface area contributed by atoms with Crippen molar-refractivity contribution >= 4 is 34.2 Å². The highest BCUT2D eigenvalue weighted by Gasteiger charge is 2.17. The minimum Gasteiger partial charge on any atom is -0.497 e. The Morgan fingerprint density at radius 1 is 1.18 bits per heavy atom. The molecular weight excluding hydrogens is 384 g/mol. The van der Waals surface area contributed by atoms with Gasteiger partial charge in [-0.15, -0.1) is 0 Å². The Morgan fingerprint density at radius 3 is 2.39 bits per heavy atom. The fourth-order valence-corrected chi connectivity index (χ4v) is 3.17. The predicted octanol–water partition coefficient (Wildman–Crippen LogP) is 3.19. The van der Waals surface area contributed by atoms with Crippen LogP contribution in [0.3, 0.4) is 0 Å². The molecule has 0 radical (unpaired) electrons. The molecule has 1 aromatic heterocycles. The molecule has 1 heterocycles. The maximum absolute atomic E-state index is 12.5. The molecule has 9 nitrogen and oxygen atoms in total. The van der Waals surface area contributed by atoms with Gasteiger partial charge in [-0.1, -0.05) is 0 Å². The van der Waals surface area contributed by atoms with E-state index >= 15 is 0 Å². The van der Waals surface area contributed by atoms with E-state index in [9.17, 15) is 9.59 Å². The second-order valence-electron chi connectivity index (χ2n) is 5.56. The van der Waals surface area contributed by atoms with Crippen molar-refractivity contribution in [3.05, 3.63) is 35.0 Å². The molecule has 0 atom stereocenters. The molecular formula is C18H22N4O5S. The van der Waals surface area contributed by atoms with Gasteiger partial charge in [0.1, 0.15) is 16.5 Å². The molecule has 0 spiro atoms. The lowest BCUT2D eigenvalue weighted by Crippen LogP contribution is -2.20. The summed E-state index contributed by atoms with van der Waals surface area (Å²) in [6.07, 6.45) is -0.576. The van der Waals surface area contributed by atoms with Crippen LogP contribution in [0.4, 0.5) is 9.80 Å². The van der Waals surface area contributed by atoms with Crippen molar-refractivity contribution in [1.29, 1.82) is 0 Å². The van der Waals surface area contributed by atoms with Gasteiger partial charge in [-0.05, 0) is 44.4 Å². The summed E-state index contributed by atoms with van der Waals surface area (Å²) < 4.78 is 19.4. The number of nitrogens with zero attached hydrogens (tertiary/aromatic N) is 2. The van der Waals surface area contributed by atoms with Gasteiger partial charge in [0.25, 0.3) is 5.91 Å². The van der Waals surface area contributed by atoms with E-state index in [0.717, 1.165) is 11.5 Å². The maximum Gasteiger partial charge on any atom is 0.412 e. The SMILES string of the molecule is CCOC(=O)Nc1snc(C)c1/C(C)=N/NC(=O)c1cc(OC)cc(OC)c1. The van der Waals surface area contributed by atoms with Crippen LogP contribution in [-0.4, -0.2) is 42.9 Å². The fraction of sp³-hybridized carbons (Fsp3) is 0.333. The summed E-state index contributed by atoms with van der Waals surface area (Å²) >= 11 is 1.11. The van der Waals surface area contributed by atoms with E-state index in [1.165, 1.54) is 14.2 Å². The number of carbonyl (C=O) groups is 2. The van der Waals surface area contributed by atoms with Gasteiger partial charge in [0.15, 0.2) is 0 Å². The van der Waals surface area contributed by atoms with Gasteiger partial charge in [-0.3, -0.25) is 10.1 Å². The number of nitrogens with one attached hydrogen (secondary N) is 2. The quantitative estimate of drug-likeness (QED) is 0.540. The Labute approximate surface area is 166 Å². The lowest BCUT2D eigenvalue weighted by atomic mass is 10.1. The van der Waals surface area contributed by atoms with Crippen LogP contribution < -0.4 is 20.2 Å². The van der Waals surface area contributed by atoms with Crippen LogP contribution in [0.5, 0.6) is 11.5 Å². The number of hydrogen-bond donors (Lipinski definition) is 2. The molecule has 10 heteroatoms. The second-order valence-corrected chi connectivity index (χ2v) is 6.33. The minimum absolute atomic E-state index is 0.256. The third-order valence-corrected chi connectivity index (χ3v) is 4.51. The minimum atomic E-state index is -0.576. The standard InChI is InChI=1S/C18H22N4O5S/c1-6-27-18(24)19-17-15(11(3)22-28-17)10(2)20-21-16(23)12-7-13(25-4)9-14(8-12)26-5/h7-9H,6H2,1-5H3,(H,19,24)(H,21,23)/b20-10+. The Morgan fingerprint density at radius 2 is 1.82 bits per heavy atom. The highest BCUT2D eigenvalue weighted by molar-refractivity contribution is 7.11. The zero-order chi connectivity index (χ0) is 20.7. The lowest BCUT2D eigenvalue weighted by molar-refractivity contribution is 0.0954. The Bertz CT molecular complexity index is 872. The molecule has 2 amide bonds. The van der Waals surface area contributed by atoms with E-state index in [-0.39, 0.29) is 6.61 Å². The number of ether oxygens (including phenoxy) is 3. The van der Waals surface area contributed by atoms with Crippen molar-refractivity contribution in [2.75, 3.05) is 26.1 Å². The summed E-state index contributed by atoms with van der Waals surface area (Å²) in [5.41, 5.74) is 4.61. The number of hydrazone groups is 1. The van der Waals surface area contributed by atoms with Crippen LogP contribution in [0.15, 0.2) is 23.3 Å². The van der Waals surface area contributed by atoms with E-state index in [1.54, 1.807) is 39.0 Å². The molecule has 1 aromatic carbocycles. The molecule has 0 saturated heterocycles. The van der Waals surface area contributed by atoms with Crippen molar-refractivity contribution in [3.63, 3.8) is 0 Å². The Balaban J connectivity index is 2.20. The van der Waals surface area contributed by atoms with Gasteiger partial charge in [-0.25, -0.2) is 10.2 Å². The number of benzene rings is 1. The summed E-state index contributed by atoms with van der Waals surface area (Å²) in [6.45, 7) is 5.47. The van der Waals surface area contributed by atoms with Crippen LogP contribution in [0, 0.1) is 6.92 Å². The molecule has 2 rings (SSSR count). The van der Waals surface area contributed by atoms with Crippen LogP contribution in [0.2, 0.25) is 0 Å². The topological polar surface area (TPSA) is 111 Å². The molecule has 28 heavy (non-hydrogen) atoms. The molecule has 0 bridgehead atoms. The average molecular weight is 406 g/mol. The van der Waals surface area contributed by atoms with E-state index in [4.69, 9.17) is 14.2 Å². The molecule has 0 unspecified atom stereocenters.